The minimum Gasteiger partial charge on any atom is -0.461 e. The zero-order chi connectivity index (χ0) is 22.0. The van der Waals surface area contributed by atoms with Crippen LogP contribution in [0.2, 0.25) is 0 Å². The highest BCUT2D eigenvalue weighted by molar-refractivity contribution is 7.88. The summed E-state index contributed by atoms with van der Waals surface area (Å²) >= 11 is 0. The fourth-order valence-corrected chi connectivity index (χ4v) is 3.36. The molecular weight excluding hydrogens is 408 g/mol. The fourth-order valence-electron chi connectivity index (χ4n) is 2.06. The first-order valence-corrected chi connectivity index (χ1v) is 12.6. The summed E-state index contributed by atoms with van der Waals surface area (Å²) < 4.78 is 54.5. The van der Waals surface area contributed by atoms with Gasteiger partial charge in [-0.3, -0.25) is 0 Å². The zero-order valence-corrected chi connectivity index (χ0v) is 19.1. The second-order valence-corrected chi connectivity index (χ2v) is 10.7. The van der Waals surface area contributed by atoms with Gasteiger partial charge in [-0.1, -0.05) is 6.58 Å². The molecule has 0 rings (SSSR count). The molecule has 0 saturated carbocycles. The van der Waals surface area contributed by atoms with Gasteiger partial charge in [-0.05, 0) is 21.0 Å². The summed E-state index contributed by atoms with van der Waals surface area (Å²) in [7, 11) is -3.00. The lowest BCUT2D eigenvalue weighted by atomic mass is 10.4. The summed E-state index contributed by atoms with van der Waals surface area (Å²) in [6.07, 6.45) is 2.13. The third-order valence-electron chi connectivity index (χ3n) is 3.84. The van der Waals surface area contributed by atoms with Crippen LogP contribution in [-0.4, -0.2) is 116 Å². The molecular formula is C16H34N4O6S2. The average molecular weight is 443 g/mol. The van der Waals surface area contributed by atoms with E-state index in [1.54, 1.807) is 6.92 Å². The minimum absolute atomic E-state index is 0.0290. The first kappa shape index (κ1) is 27.0. The predicted molar refractivity (Wildman–Crippen MR) is 110 cm³/mol. The second-order valence-electron chi connectivity index (χ2n) is 6.85. The van der Waals surface area contributed by atoms with E-state index in [0.717, 1.165) is 19.1 Å². The van der Waals surface area contributed by atoms with Crippen molar-refractivity contribution < 1.29 is 26.4 Å². The monoisotopic (exact) mass is 442 g/mol. The molecule has 12 heteroatoms. The second kappa shape index (κ2) is 12.5. The van der Waals surface area contributed by atoms with E-state index >= 15 is 0 Å². The number of rotatable bonds is 15. The van der Waals surface area contributed by atoms with Crippen molar-refractivity contribution in [3.8, 4) is 0 Å². The number of esters is 1. The number of carbonyl (C=O) groups is 1. The smallest absolute Gasteiger partial charge is 0.333 e. The molecule has 166 valence electrons. The highest BCUT2D eigenvalue weighted by Crippen LogP contribution is 1.99. The SMILES string of the molecule is C=C(C)C(=O)OCCN(C)CCN(C)CCN(CCNS(C)(=O)=O)S(C)(=O)=O. The Morgan fingerprint density at radius 1 is 0.929 bits per heavy atom. The third kappa shape index (κ3) is 14.0. The number of carbonyl (C=O) groups excluding carboxylic acids is 1. The van der Waals surface area contributed by atoms with Gasteiger partial charge in [-0.25, -0.2) is 26.4 Å². The van der Waals surface area contributed by atoms with Gasteiger partial charge in [0.2, 0.25) is 20.0 Å². The van der Waals surface area contributed by atoms with Crippen LogP contribution in [0.15, 0.2) is 12.2 Å². The number of hydrogen-bond acceptors (Lipinski definition) is 8. The number of ether oxygens (including phenoxy) is 1. The Labute approximate surface area is 169 Å². The van der Waals surface area contributed by atoms with E-state index in [1.807, 2.05) is 23.9 Å². The largest absolute Gasteiger partial charge is 0.461 e. The van der Waals surface area contributed by atoms with E-state index in [1.165, 1.54) is 4.31 Å². The molecule has 0 spiro atoms. The number of hydrogen-bond donors (Lipinski definition) is 1. The van der Waals surface area contributed by atoms with Crippen molar-refractivity contribution in [3.63, 3.8) is 0 Å². The number of nitrogens with one attached hydrogen (secondary N) is 1. The predicted octanol–water partition coefficient (Wildman–Crippen LogP) is -1.22. The van der Waals surface area contributed by atoms with Crippen LogP contribution in [0.25, 0.3) is 0 Å². The van der Waals surface area contributed by atoms with Crippen LogP contribution < -0.4 is 4.72 Å². The molecule has 0 heterocycles. The molecule has 0 aliphatic carbocycles. The van der Waals surface area contributed by atoms with Crippen LogP contribution in [0.4, 0.5) is 0 Å². The van der Waals surface area contributed by atoms with Crippen LogP contribution in [-0.2, 0) is 29.6 Å². The molecule has 0 aromatic rings. The van der Waals surface area contributed by atoms with Gasteiger partial charge < -0.3 is 14.5 Å². The van der Waals surface area contributed by atoms with E-state index in [9.17, 15) is 21.6 Å². The highest BCUT2D eigenvalue weighted by Gasteiger charge is 2.17. The summed E-state index contributed by atoms with van der Waals surface area (Å²) in [5.74, 6) is -0.406. The molecule has 0 aromatic carbocycles. The van der Waals surface area contributed by atoms with Crippen molar-refractivity contribution in [2.45, 2.75) is 6.92 Å². The third-order valence-corrected chi connectivity index (χ3v) is 5.88. The standard InChI is InChI=1S/C16H34N4O6S2/c1-15(2)16(21)26-14-13-19(4)10-9-18(3)11-12-20(28(6,24)25)8-7-17-27(5,22)23/h17H,1,7-14H2,2-6H3. The lowest BCUT2D eigenvalue weighted by molar-refractivity contribution is -0.139. The van der Waals surface area contributed by atoms with Gasteiger partial charge in [0.05, 0.1) is 12.5 Å². The quantitative estimate of drug-likeness (QED) is 0.248. The van der Waals surface area contributed by atoms with Crippen molar-refractivity contribution in [1.82, 2.24) is 18.8 Å². The van der Waals surface area contributed by atoms with E-state index < -0.39 is 26.0 Å². The van der Waals surface area contributed by atoms with Gasteiger partial charge in [0, 0.05) is 51.4 Å². The van der Waals surface area contributed by atoms with E-state index in [2.05, 4.69) is 11.3 Å². The molecule has 0 aromatic heterocycles. The van der Waals surface area contributed by atoms with Gasteiger partial charge in [0.15, 0.2) is 0 Å². The van der Waals surface area contributed by atoms with Crippen LogP contribution in [0.3, 0.4) is 0 Å². The van der Waals surface area contributed by atoms with Crippen LogP contribution in [0.5, 0.6) is 0 Å². The van der Waals surface area contributed by atoms with E-state index in [4.69, 9.17) is 4.74 Å². The number of nitrogens with zero attached hydrogens (tertiary/aromatic N) is 3. The fraction of sp³-hybridized carbons (Fsp3) is 0.812. The van der Waals surface area contributed by atoms with Crippen LogP contribution >= 0.6 is 0 Å². The molecule has 0 aliphatic heterocycles. The average Bonchev–Trinajstić information content (AvgIpc) is 2.53. The summed E-state index contributed by atoms with van der Waals surface area (Å²) in [4.78, 5) is 15.3. The molecule has 0 atom stereocenters. The Morgan fingerprint density at radius 3 is 1.89 bits per heavy atom. The molecule has 10 nitrogen and oxygen atoms in total. The zero-order valence-electron chi connectivity index (χ0n) is 17.5. The topological polar surface area (TPSA) is 116 Å². The molecule has 0 radical (unpaired) electrons. The maximum absolute atomic E-state index is 11.9. The Bertz CT molecular complexity index is 709. The first-order chi connectivity index (χ1) is 12.7. The molecule has 0 fully saturated rings. The minimum atomic E-state index is -3.43. The Hall–Kier alpha value is -1.05. The molecule has 0 unspecified atom stereocenters. The Kier molecular flexibility index (Phi) is 12.0. The van der Waals surface area contributed by atoms with E-state index in [0.29, 0.717) is 25.2 Å². The van der Waals surface area contributed by atoms with Gasteiger partial charge in [-0.2, -0.15) is 4.31 Å². The summed E-state index contributed by atoms with van der Waals surface area (Å²) in [5.41, 5.74) is 0.365. The number of sulfonamides is 2. The van der Waals surface area contributed by atoms with Crippen LogP contribution in [0.1, 0.15) is 6.92 Å². The van der Waals surface area contributed by atoms with Gasteiger partial charge in [0.25, 0.3) is 0 Å². The number of likely N-dealkylation sites (N-methyl/N-ethyl adjacent to an activating group) is 2. The highest BCUT2D eigenvalue weighted by atomic mass is 32.2. The van der Waals surface area contributed by atoms with Gasteiger partial charge >= 0.3 is 5.97 Å². The van der Waals surface area contributed by atoms with E-state index in [-0.39, 0.29) is 26.2 Å². The van der Waals surface area contributed by atoms with Crippen molar-refractivity contribution in [1.29, 1.82) is 0 Å². The summed E-state index contributed by atoms with van der Waals surface area (Å²) in [5, 5.41) is 0. The Morgan fingerprint density at radius 2 is 1.43 bits per heavy atom. The molecule has 0 aliphatic rings. The van der Waals surface area contributed by atoms with Crippen LogP contribution in [0, 0.1) is 0 Å². The molecule has 1 N–H and O–H groups in total. The molecule has 0 amide bonds. The van der Waals surface area contributed by atoms with Crippen molar-refractivity contribution >= 4 is 26.0 Å². The van der Waals surface area contributed by atoms with Gasteiger partial charge in [0.1, 0.15) is 6.61 Å². The summed E-state index contributed by atoms with van der Waals surface area (Å²) in [6.45, 7) is 8.27. The maximum Gasteiger partial charge on any atom is 0.333 e. The van der Waals surface area contributed by atoms with Crippen molar-refractivity contribution in [3.05, 3.63) is 12.2 Å². The molecule has 28 heavy (non-hydrogen) atoms. The first-order valence-electron chi connectivity index (χ1n) is 8.82. The molecule has 0 bridgehead atoms. The lowest BCUT2D eigenvalue weighted by Gasteiger charge is -2.25. The van der Waals surface area contributed by atoms with Gasteiger partial charge in [-0.15, -0.1) is 0 Å². The van der Waals surface area contributed by atoms with Crippen molar-refractivity contribution in [2.24, 2.45) is 0 Å². The molecule has 0 saturated heterocycles. The normalized spacial score (nSPS) is 12.7. The lowest BCUT2D eigenvalue weighted by Crippen LogP contribution is -2.42. The summed E-state index contributed by atoms with van der Waals surface area (Å²) in [6, 6.07) is 0. The maximum atomic E-state index is 11.9. The van der Waals surface area contributed by atoms with Crippen molar-refractivity contribution in [2.75, 3.05) is 79.0 Å². The Balaban J connectivity index is 4.24.